The van der Waals surface area contributed by atoms with Crippen LogP contribution < -0.4 is 5.73 Å². The number of carbonyl (C=O) groups is 2. The molecule has 9 nitrogen and oxygen atoms in total. The summed E-state index contributed by atoms with van der Waals surface area (Å²) in [5.74, 6) is -1.19. The number of rotatable bonds is 8. The van der Waals surface area contributed by atoms with Crippen molar-refractivity contribution in [2.45, 2.75) is 31.8 Å². The smallest absolute Gasteiger partial charge is 0.332 e. The van der Waals surface area contributed by atoms with E-state index in [1.165, 1.54) is 11.0 Å². The number of esters is 1. The second kappa shape index (κ2) is 8.54. The number of aromatic nitrogens is 3. The summed E-state index contributed by atoms with van der Waals surface area (Å²) in [6.45, 7) is 0.379. The van der Waals surface area contributed by atoms with Gasteiger partial charge in [0.25, 0.3) is 5.91 Å². The van der Waals surface area contributed by atoms with Gasteiger partial charge in [-0.1, -0.05) is 30.3 Å². The zero-order chi connectivity index (χ0) is 18.4. The van der Waals surface area contributed by atoms with Crippen LogP contribution >= 0.6 is 0 Å². The SMILES string of the molecule is NC(=O)c1ncn([C@H]2CC[C@@H](COC(=O)COCc3ccccc3)O2)n1. The quantitative estimate of drug-likeness (QED) is 0.692. The summed E-state index contributed by atoms with van der Waals surface area (Å²) >= 11 is 0. The van der Waals surface area contributed by atoms with E-state index in [1.807, 2.05) is 30.3 Å². The van der Waals surface area contributed by atoms with Crippen LogP contribution in [0.1, 0.15) is 35.3 Å². The molecule has 1 saturated heterocycles. The first kappa shape index (κ1) is 18.0. The van der Waals surface area contributed by atoms with Crippen LogP contribution in [0.4, 0.5) is 0 Å². The van der Waals surface area contributed by atoms with Gasteiger partial charge in [-0.3, -0.25) is 4.79 Å². The van der Waals surface area contributed by atoms with Crippen molar-refractivity contribution in [1.29, 1.82) is 0 Å². The third-order valence-corrected chi connectivity index (χ3v) is 3.87. The van der Waals surface area contributed by atoms with Gasteiger partial charge in [0.2, 0.25) is 5.82 Å². The molecule has 2 heterocycles. The number of carbonyl (C=O) groups excluding carboxylic acids is 2. The summed E-state index contributed by atoms with van der Waals surface area (Å²) in [5.41, 5.74) is 6.11. The number of ether oxygens (including phenoxy) is 3. The molecule has 138 valence electrons. The Balaban J connectivity index is 1.36. The topological polar surface area (TPSA) is 119 Å². The van der Waals surface area contributed by atoms with E-state index >= 15 is 0 Å². The molecule has 2 aromatic rings. The molecule has 9 heteroatoms. The monoisotopic (exact) mass is 360 g/mol. The van der Waals surface area contributed by atoms with Crippen LogP contribution in [-0.4, -0.2) is 46.0 Å². The minimum absolute atomic E-state index is 0.0564. The molecule has 26 heavy (non-hydrogen) atoms. The van der Waals surface area contributed by atoms with Gasteiger partial charge in [-0.15, -0.1) is 5.10 Å². The van der Waals surface area contributed by atoms with E-state index in [1.54, 1.807) is 0 Å². The lowest BCUT2D eigenvalue weighted by Crippen LogP contribution is -2.22. The summed E-state index contributed by atoms with van der Waals surface area (Å²) in [6.07, 6.45) is 2.19. The average molecular weight is 360 g/mol. The molecule has 2 N–H and O–H groups in total. The highest BCUT2D eigenvalue weighted by Crippen LogP contribution is 2.27. The lowest BCUT2D eigenvalue weighted by molar-refractivity contribution is -0.154. The Bertz CT molecular complexity index is 749. The molecule has 1 fully saturated rings. The van der Waals surface area contributed by atoms with E-state index in [-0.39, 0.29) is 31.4 Å². The van der Waals surface area contributed by atoms with Crippen LogP contribution in [0.15, 0.2) is 36.7 Å². The van der Waals surface area contributed by atoms with Crippen LogP contribution in [0.2, 0.25) is 0 Å². The fourth-order valence-electron chi connectivity index (χ4n) is 2.58. The van der Waals surface area contributed by atoms with Gasteiger partial charge < -0.3 is 19.9 Å². The number of hydrogen-bond donors (Lipinski definition) is 1. The lowest BCUT2D eigenvalue weighted by Gasteiger charge is -2.14. The van der Waals surface area contributed by atoms with Gasteiger partial charge in [-0.2, -0.15) is 0 Å². The van der Waals surface area contributed by atoms with E-state index in [0.29, 0.717) is 19.4 Å². The predicted molar refractivity (Wildman–Crippen MR) is 88.7 cm³/mol. The van der Waals surface area contributed by atoms with E-state index in [9.17, 15) is 9.59 Å². The van der Waals surface area contributed by atoms with Crippen molar-refractivity contribution in [3.05, 3.63) is 48.0 Å². The summed E-state index contributed by atoms with van der Waals surface area (Å²) in [4.78, 5) is 26.6. The molecule has 1 aliphatic heterocycles. The summed E-state index contributed by atoms with van der Waals surface area (Å²) in [7, 11) is 0. The van der Waals surface area contributed by atoms with Gasteiger partial charge in [0.1, 0.15) is 19.5 Å². The maximum Gasteiger partial charge on any atom is 0.332 e. The Morgan fingerprint density at radius 3 is 2.81 bits per heavy atom. The molecular formula is C17H20N4O5. The minimum atomic E-state index is -0.692. The zero-order valence-electron chi connectivity index (χ0n) is 14.1. The maximum atomic E-state index is 11.7. The van der Waals surface area contributed by atoms with E-state index < -0.39 is 11.9 Å². The van der Waals surface area contributed by atoms with Crippen LogP contribution in [0.25, 0.3) is 0 Å². The second-order valence-corrected chi connectivity index (χ2v) is 5.86. The summed E-state index contributed by atoms with van der Waals surface area (Å²) in [6, 6.07) is 9.58. The number of hydrogen-bond acceptors (Lipinski definition) is 7. The predicted octanol–water partition coefficient (Wildman–Crippen LogP) is 0.815. The minimum Gasteiger partial charge on any atom is -0.461 e. The third-order valence-electron chi connectivity index (χ3n) is 3.87. The lowest BCUT2D eigenvalue weighted by atomic mass is 10.2. The zero-order valence-corrected chi connectivity index (χ0v) is 14.1. The molecule has 0 saturated carbocycles. The van der Waals surface area contributed by atoms with Gasteiger partial charge in [0.15, 0.2) is 6.23 Å². The number of primary amides is 1. The van der Waals surface area contributed by atoms with Crippen molar-refractivity contribution in [2.75, 3.05) is 13.2 Å². The molecule has 1 amide bonds. The van der Waals surface area contributed by atoms with Gasteiger partial charge in [-0.25, -0.2) is 14.5 Å². The fourth-order valence-corrected chi connectivity index (χ4v) is 2.58. The van der Waals surface area contributed by atoms with Crippen molar-refractivity contribution in [2.24, 2.45) is 5.73 Å². The van der Waals surface area contributed by atoms with E-state index in [0.717, 1.165) is 5.56 Å². The molecule has 0 aliphatic carbocycles. The van der Waals surface area contributed by atoms with Crippen LogP contribution in [0, 0.1) is 0 Å². The molecule has 0 radical (unpaired) electrons. The number of nitrogens with two attached hydrogens (primary N) is 1. The largest absolute Gasteiger partial charge is 0.461 e. The van der Waals surface area contributed by atoms with Crippen molar-refractivity contribution < 1.29 is 23.8 Å². The van der Waals surface area contributed by atoms with Crippen LogP contribution in [0.3, 0.4) is 0 Å². The molecule has 1 aliphatic rings. The molecule has 3 rings (SSSR count). The Morgan fingerprint density at radius 1 is 1.27 bits per heavy atom. The molecule has 1 aromatic heterocycles. The van der Waals surface area contributed by atoms with E-state index in [2.05, 4.69) is 10.1 Å². The molecule has 0 spiro atoms. The van der Waals surface area contributed by atoms with Gasteiger partial charge >= 0.3 is 5.97 Å². The summed E-state index contributed by atoms with van der Waals surface area (Å²) < 4.78 is 17.7. The van der Waals surface area contributed by atoms with Crippen molar-refractivity contribution in [1.82, 2.24) is 14.8 Å². The highest BCUT2D eigenvalue weighted by molar-refractivity contribution is 5.88. The van der Waals surface area contributed by atoms with Crippen LogP contribution in [-0.2, 0) is 25.6 Å². The van der Waals surface area contributed by atoms with Gasteiger partial charge in [0.05, 0.1) is 12.7 Å². The number of benzene rings is 1. The summed E-state index contributed by atoms with van der Waals surface area (Å²) in [5, 5.41) is 3.97. The maximum absolute atomic E-state index is 11.7. The number of nitrogens with zero attached hydrogens (tertiary/aromatic N) is 3. The van der Waals surface area contributed by atoms with Gasteiger partial charge in [-0.05, 0) is 18.4 Å². The van der Waals surface area contributed by atoms with Gasteiger partial charge in [0, 0.05) is 0 Å². The Morgan fingerprint density at radius 2 is 2.08 bits per heavy atom. The third kappa shape index (κ3) is 4.87. The standard InChI is InChI=1S/C17H20N4O5/c18-16(23)17-19-11-21(20-17)14-7-6-13(26-14)9-25-15(22)10-24-8-12-4-2-1-3-5-12/h1-5,11,13-14H,6-10H2,(H2,18,23)/t13-,14+/m0/s1. The Labute approximate surface area is 150 Å². The number of amides is 1. The normalized spacial score (nSPS) is 19.4. The van der Waals surface area contributed by atoms with Crippen LogP contribution in [0.5, 0.6) is 0 Å². The van der Waals surface area contributed by atoms with Crippen molar-refractivity contribution in [3.8, 4) is 0 Å². The second-order valence-electron chi connectivity index (χ2n) is 5.86. The molecule has 0 unspecified atom stereocenters. The molecule has 2 atom stereocenters. The highest BCUT2D eigenvalue weighted by Gasteiger charge is 2.28. The fraction of sp³-hybridized carbons (Fsp3) is 0.412. The Kier molecular flexibility index (Phi) is 5.92. The van der Waals surface area contributed by atoms with Crippen molar-refractivity contribution >= 4 is 11.9 Å². The molecular weight excluding hydrogens is 340 g/mol. The first-order valence-electron chi connectivity index (χ1n) is 8.25. The first-order chi connectivity index (χ1) is 12.6. The Hall–Kier alpha value is -2.78. The average Bonchev–Trinajstić information content (AvgIpc) is 3.30. The first-order valence-corrected chi connectivity index (χ1v) is 8.25. The van der Waals surface area contributed by atoms with E-state index in [4.69, 9.17) is 19.9 Å². The highest BCUT2D eigenvalue weighted by atomic mass is 16.6. The molecule has 0 bridgehead atoms. The van der Waals surface area contributed by atoms with Crippen molar-refractivity contribution in [3.63, 3.8) is 0 Å². The molecule has 1 aromatic carbocycles.